The average Bonchev–Trinajstić information content (AvgIpc) is 3.13. The van der Waals surface area contributed by atoms with Crippen molar-refractivity contribution in [2.75, 3.05) is 0 Å². The van der Waals surface area contributed by atoms with Crippen LogP contribution in [0.3, 0.4) is 0 Å². The van der Waals surface area contributed by atoms with Crippen LogP contribution >= 0.6 is 0 Å². The number of fused-ring (bicyclic) bond motifs is 2. The highest BCUT2D eigenvalue weighted by Gasteiger charge is 2.57. The van der Waals surface area contributed by atoms with Crippen molar-refractivity contribution in [1.29, 1.82) is 5.26 Å². The van der Waals surface area contributed by atoms with E-state index in [4.69, 9.17) is 4.74 Å². The molecule has 19 heavy (non-hydrogen) atoms. The maximum atomic E-state index is 10.7. The number of hydrogen-bond acceptors (Lipinski definition) is 4. The summed E-state index contributed by atoms with van der Waals surface area (Å²) in [4.78, 5) is 0. The van der Waals surface area contributed by atoms with Crippen LogP contribution in [0, 0.1) is 16.7 Å². The summed E-state index contributed by atoms with van der Waals surface area (Å²) in [5.41, 5.74) is -0.0615. The van der Waals surface area contributed by atoms with Gasteiger partial charge >= 0.3 is 0 Å². The molecule has 0 spiro atoms. The molecule has 3 rings (SSSR count). The number of nitriles is 1. The second kappa shape index (κ2) is 4.62. The van der Waals surface area contributed by atoms with Crippen LogP contribution in [0.15, 0.2) is 12.3 Å². The van der Waals surface area contributed by atoms with Gasteiger partial charge in [0.1, 0.15) is 11.5 Å². The Morgan fingerprint density at radius 1 is 1.68 bits per heavy atom. The summed E-state index contributed by atoms with van der Waals surface area (Å²) in [5.74, 6) is 0. The summed E-state index contributed by atoms with van der Waals surface area (Å²) < 4.78 is 7.59. The highest BCUT2D eigenvalue weighted by Crippen LogP contribution is 2.53. The van der Waals surface area contributed by atoms with E-state index in [-0.39, 0.29) is 12.2 Å². The van der Waals surface area contributed by atoms with Gasteiger partial charge in [0.15, 0.2) is 0 Å². The molecule has 0 aliphatic carbocycles. The molecule has 1 aromatic heterocycles. The molecule has 4 unspecified atom stereocenters. The number of aromatic nitrogens is 2. The standard InChI is InChI=1S/C14H19N3O2/c1-2-7-17-11(5-6-16-17)13(18)14(9-15)8-10-3-4-12(14)19-10/h5-6,10,12-13,18H,2-4,7-8H2,1H3. The van der Waals surface area contributed by atoms with Gasteiger partial charge in [-0.05, 0) is 31.7 Å². The second-order valence-electron chi connectivity index (χ2n) is 5.56. The van der Waals surface area contributed by atoms with E-state index in [2.05, 4.69) is 18.1 Å². The molecule has 0 amide bonds. The topological polar surface area (TPSA) is 71.1 Å². The minimum atomic E-state index is -0.818. The Bertz CT molecular complexity index is 507. The van der Waals surface area contributed by atoms with E-state index in [9.17, 15) is 10.4 Å². The van der Waals surface area contributed by atoms with Crippen LogP contribution < -0.4 is 0 Å². The van der Waals surface area contributed by atoms with Crippen molar-refractivity contribution < 1.29 is 9.84 Å². The molecule has 2 aliphatic heterocycles. The molecule has 2 fully saturated rings. The third-order valence-corrected chi connectivity index (χ3v) is 4.41. The molecule has 2 saturated heterocycles. The van der Waals surface area contributed by atoms with Crippen molar-refractivity contribution in [3.05, 3.63) is 18.0 Å². The number of nitrogens with zero attached hydrogens (tertiary/aromatic N) is 3. The molecule has 2 bridgehead atoms. The van der Waals surface area contributed by atoms with Crippen LogP contribution in [0.1, 0.15) is 44.4 Å². The molecule has 2 aliphatic rings. The lowest BCUT2D eigenvalue weighted by atomic mass is 9.70. The Morgan fingerprint density at radius 3 is 3.11 bits per heavy atom. The lowest BCUT2D eigenvalue weighted by Crippen LogP contribution is -2.38. The third-order valence-electron chi connectivity index (χ3n) is 4.41. The lowest BCUT2D eigenvalue weighted by Gasteiger charge is -2.33. The summed E-state index contributed by atoms with van der Waals surface area (Å²) >= 11 is 0. The van der Waals surface area contributed by atoms with E-state index in [0.29, 0.717) is 6.42 Å². The van der Waals surface area contributed by atoms with Gasteiger partial charge in [-0.3, -0.25) is 4.68 Å². The van der Waals surface area contributed by atoms with Crippen LogP contribution in [0.5, 0.6) is 0 Å². The van der Waals surface area contributed by atoms with Gasteiger partial charge in [-0.1, -0.05) is 6.92 Å². The van der Waals surface area contributed by atoms with Crippen LogP contribution in [-0.2, 0) is 11.3 Å². The molecule has 3 heterocycles. The Labute approximate surface area is 112 Å². The van der Waals surface area contributed by atoms with Crippen molar-refractivity contribution in [3.8, 4) is 6.07 Å². The molecular weight excluding hydrogens is 242 g/mol. The molecule has 0 saturated carbocycles. The Hall–Kier alpha value is -1.38. The first-order valence-corrected chi connectivity index (χ1v) is 6.97. The molecule has 1 N–H and O–H groups in total. The van der Waals surface area contributed by atoms with E-state index < -0.39 is 11.5 Å². The van der Waals surface area contributed by atoms with Gasteiger partial charge in [-0.2, -0.15) is 10.4 Å². The SMILES string of the molecule is CCCn1nccc1C(O)C1(C#N)CC2CCC1O2. The zero-order valence-electron chi connectivity index (χ0n) is 11.1. The fourth-order valence-corrected chi connectivity index (χ4v) is 3.45. The van der Waals surface area contributed by atoms with Crippen LogP contribution in [-0.4, -0.2) is 27.1 Å². The normalized spacial score (nSPS) is 34.4. The van der Waals surface area contributed by atoms with E-state index in [0.717, 1.165) is 31.5 Å². The maximum Gasteiger partial charge on any atom is 0.117 e. The highest BCUT2D eigenvalue weighted by molar-refractivity contribution is 5.22. The average molecular weight is 261 g/mol. The van der Waals surface area contributed by atoms with E-state index in [1.54, 1.807) is 10.9 Å². The van der Waals surface area contributed by atoms with Gasteiger partial charge in [-0.15, -0.1) is 0 Å². The van der Waals surface area contributed by atoms with Gasteiger partial charge in [0, 0.05) is 12.7 Å². The van der Waals surface area contributed by atoms with E-state index in [1.165, 1.54) is 0 Å². The van der Waals surface area contributed by atoms with Crippen LogP contribution in [0.25, 0.3) is 0 Å². The molecule has 4 atom stereocenters. The van der Waals surface area contributed by atoms with Crippen molar-refractivity contribution in [2.45, 2.75) is 57.5 Å². The largest absolute Gasteiger partial charge is 0.385 e. The van der Waals surface area contributed by atoms with Crippen molar-refractivity contribution in [3.63, 3.8) is 0 Å². The molecule has 1 aromatic rings. The minimum absolute atomic E-state index is 0.137. The summed E-state index contributed by atoms with van der Waals surface area (Å²) in [5, 5.41) is 24.6. The first-order valence-electron chi connectivity index (χ1n) is 6.97. The molecule has 0 aromatic carbocycles. The zero-order chi connectivity index (χ0) is 13.5. The maximum absolute atomic E-state index is 10.7. The van der Waals surface area contributed by atoms with Gasteiger partial charge in [0.25, 0.3) is 0 Å². The fourth-order valence-electron chi connectivity index (χ4n) is 3.45. The van der Waals surface area contributed by atoms with Gasteiger partial charge in [-0.25, -0.2) is 0 Å². The lowest BCUT2D eigenvalue weighted by molar-refractivity contribution is -0.00112. The van der Waals surface area contributed by atoms with Crippen molar-refractivity contribution in [1.82, 2.24) is 9.78 Å². The third kappa shape index (κ3) is 1.78. The zero-order valence-corrected chi connectivity index (χ0v) is 11.1. The molecule has 0 radical (unpaired) electrons. The monoisotopic (exact) mass is 261 g/mol. The predicted octanol–water partition coefficient (Wildman–Crippen LogP) is 1.79. The summed E-state index contributed by atoms with van der Waals surface area (Å²) in [6.07, 6.45) is 4.33. The predicted molar refractivity (Wildman–Crippen MR) is 68.0 cm³/mol. The fraction of sp³-hybridized carbons (Fsp3) is 0.714. The number of ether oxygens (including phenoxy) is 1. The summed E-state index contributed by atoms with van der Waals surface area (Å²) in [6.45, 7) is 2.83. The quantitative estimate of drug-likeness (QED) is 0.897. The Kier molecular flexibility index (Phi) is 3.08. The number of rotatable bonds is 4. The molecular formula is C14H19N3O2. The Balaban J connectivity index is 1.92. The van der Waals surface area contributed by atoms with E-state index >= 15 is 0 Å². The van der Waals surface area contributed by atoms with Crippen molar-refractivity contribution in [2.24, 2.45) is 5.41 Å². The molecule has 5 heteroatoms. The van der Waals surface area contributed by atoms with Gasteiger partial charge in [0.05, 0.1) is 24.0 Å². The molecule has 102 valence electrons. The smallest absolute Gasteiger partial charge is 0.117 e. The summed E-state index contributed by atoms with van der Waals surface area (Å²) in [7, 11) is 0. The van der Waals surface area contributed by atoms with Crippen molar-refractivity contribution >= 4 is 0 Å². The van der Waals surface area contributed by atoms with Crippen LogP contribution in [0.4, 0.5) is 0 Å². The summed E-state index contributed by atoms with van der Waals surface area (Å²) in [6, 6.07) is 4.16. The number of aryl methyl sites for hydroxylation is 1. The van der Waals surface area contributed by atoms with Gasteiger partial charge < -0.3 is 9.84 Å². The highest BCUT2D eigenvalue weighted by atomic mass is 16.5. The minimum Gasteiger partial charge on any atom is -0.385 e. The first kappa shape index (κ1) is 12.6. The second-order valence-corrected chi connectivity index (χ2v) is 5.56. The number of aliphatic hydroxyl groups is 1. The number of hydrogen-bond donors (Lipinski definition) is 1. The van der Waals surface area contributed by atoms with Crippen LogP contribution in [0.2, 0.25) is 0 Å². The molecule has 5 nitrogen and oxygen atoms in total. The Morgan fingerprint density at radius 2 is 2.53 bits per heavy atom. The number of aliphatic hydroxyl groups excluding tert-OH is 1. The van der Waals surface area contributed by atoms with Gasteiger partial charge in [0.2, 0.25) is 0 Å². The van der Waals surface area contributed by atoms with E-state index in [1.807, 2.05) is 6.07 Å². The first-order chi connectivity index (χ1) is 9.21.